The van der Waals surface area contributed by atoms with Crippen molar-refractivity contribution >= 4 is 0 Å². The van der Waals surface area contributed by atoms with Gasteiger partial charge < -0.3 is 47.4 Å². The van der Waals surface area contributed by atoms with Crippen molar-refractivity contribution in [3.8, 4) is 0 Å². The molecule has 0 rings (SSSR count). The molecule has 0 aromatic rings. The molecule has 0 spiro atoms. The number of hydrogen-bond donors (Lipinski definition) is 0. The molecule has 0 aromatic heterocycles. The first-order valence-corrected chi connectivity index (χ1v) is 0.816. The minimum atomic E-state index is 0. The molecule has 0 saturated heterocycles. The zero-order chi connectivity index (χ0) is 4.00. The second-order valence-electron chi connectivity index (χ2n) is 0. The first kappa shape index (κ1) is 56.3. The molecule has 0 saturated carbocycles. The van der Waals surface area contributed by atoms with E-state index in [1.54, 1.807) is 0 Å². The van der Waals surface area contributed by atoms with Crippen molar-refractivity contribution in [3.05, 3.63) is 0 Å². The molecule has 58 valence electrons. The molecular weight excluding hydrogens is 346 g/mol. The number of halogens is 3. The van der Waals surface area contributed by atoms with Crippen molar-refractivity contribution in [2.75, 3.05) is 14.2 Å². The van der Waals surface area contributed by atoms with Crippen LogP contribution in [-0.2, 0) is 21.1 Å². The van der Waals surface area contributed by atoms with Gasteiger partial charge in [-0.25, -0.2) is 0 Å². The Labute approximate surface area is 82.5 Å². The fourth-order valence-corrected chi connectivity index (χ4v) is 0. The van der Waals surface area contributed by atoms with E-state index >= 15 is 0 Å². The van der Waals surface area contributed by atoms with Gasteiger partial charge in [0.05, 0.1) is 0 Å². The van der Waals surface area contributed by atoms with Gasteiger partial charge in [0.15, 0.2) is 0 Å². The van der Waals surface area contributed by atoms with E-state index in [0.29, 0.717) is 0 Å². The van der Waals surface area contributed by atoms with Crippen LogP contribution in [0.4, 0.5) is 0 Å². The molecule has 0 fully saturated rings. The van der Waals surface area contributed by atoms with Gasteiger partial charge in [-0.15, -0.1) is 0 Å². The summed E-state index contributed by atoms with van der Waals surface area (Å²) in [7, 11) is 1.50. The number of rotatable bonds is 0. The van der Waals surface area contributed by atoms with Crippen molar-refractivity contribution in [1.82, 2.24) is 0 Å². The summed E-state index contributed by atoms with van der Waals surface area (Å²) in [4.78, 5) is 0. The minimum absolute atomic E-state index is 0. The maximum absolute atomic E-state index is 8.25. The van der Waals surface area contributed by atoms with E-state index in [1.165, 1.54) is 0 Å². The maximum Gasteiger partial charge on any atom is 0 e. The zero-order valence-electron chi connectivity index (χ0n) is 4.36. The first-order valence-electron chi connectivity index (χ1n) is 0.816. The average molecular weight is 352 g/mol. The van der Waals surface area contributed by atoms with Crippen molar-refractivity contribution in [2.24, 2.45) is 0 Å². The summed E-state index contributed by atoms with van der Waals surface area (Å²) < 4.78 is 0. The van der Waals surface area contributed by atoms with Gasteiger partial charge in [0.2, 0.25) is 0 Å². The first-order chi connectivity index (χ1) is 2.00. The molecule has 0 bridgehead atoms. The van der Waals surface area contributed by atoms with E-state index in [1.807, 2.05) is 0 Å². The Morgan fingerprint density at radius 2 is 0.625 bits per heavy atom. The summed E-state index contributed by atoms with van der Waals surface area (Å²) in [5.74, 6) is 0. The molecular formula is C2H6Cl3O2W-5. The van der Waals surface area contributed by atoms with Gasteiger partial charge in [0.25, 0.3) is 0 Å². The van der Waals surface area contributed by atoms with Gasteiger partial charge in [-0.05, 0) is 0 Å². The minimum Gasteiger partial charge on any atom is -1.00 e. The Kier molecular flexibility index (Phi) is 1530. The van der Waals surface area contributed by atoms with Crippen molar-refractivity contribution in [2.45, 2.75) is 0 Å². The van der Waals surface area contributed by atoms with Gasteiger partial charge in [0, 0.05) is 21.1 Å². The van der Waals surface area contributed by atoms with Crippen LogP contribution in [0.25, 0.3) is 0 Å². The van der Waals surface area contributed by atoms with Crippen LogP contribution in [0.1, 0.15) is 0 Å². The SMILES string of the molecule is C[O-].C[O-].[Cl-].[Cl-].[Cl-].[W]. The molecule has 0 N–H and O–H groups in total. The fourth-order valence-electron chi connectivity index (χ4n) is 0. The van der Waals surface area contributed by atoms with E-state index in [0.717, 1.165) is 14.2 Å². The van der Waals surface area contributed by atoms with E-state index in [9.17, 15) is 0 Å². The van der Waals surface area contributed by atoms with Crippen LogP contribution in [0.3, 0.4) is 0 Å². The van der Waals surface area contributed by atoms with Crippen LogP contribution in [0.15, 0.2) is 0 Å². The maximum atomic E-state index is 8.25. The predicted octanol–water partition coefficient (Wildman–Crippen LogP) is -11.0. The second kappa shape index (κ2) is 217. The van der Waals surface area contributed by atoms with Gasteiger partial charge in [-0.3, -0.25) is 0 Å². The normalized spacial score (nSPS) is 1.50. The topological polar surface area (TPSA) is 46.1 Å². The van der Waals surface area contributed by atoms with Crippen LogP contribution in [0, 0.1) is 0 Å². The summed E-state index contributed by atoms with van der Waals surface area (Å²) in [6, 6.07) is 0. The monoisotopic (exact) mass is 351 g/mol. The van der Waals surface area contributed by atoms with Crippen molar-refractivity contribution in [1.29, 1.82) is 0 Å². The quantitative estimate of drug-likeness (QED) is 0.435. The third kappa shape index (κ3) is 144. The van der Waals surface area contributed by atoms with Crippen LogP contribution >= 0.6 is 0 Å². The molecule has 0 amide bonds. The molecule has 0 heterocycles. The largest absolute Gasteiger partial charge is 1.00 e. The summed E-state index contributed by atoms with van der Waals surface area (Å²) in [6.45, 7) is 0. The molecule has 0 aliphatic carbocycles. The third-order valence-electron chi connectivity index (χ3n) is 0. The van der Waals surface area contributed by atoms with E-state index < -0.39 is 0 Å². The molecule has 8 heavy (non-hydrogen) atoms. The van der Waals surface area contributed by atoms with Crippen molar-refractivity contribution in [3.63, 3.8) is 0 Å². The second-order valence-corrected chi connectivity index (χ2v) is 0. The molecule has 0 radical (unpaired) electrons. The van der Waals surface area contributed by atoms with E-state index in [-0.39, 0.29) is 58.3 Å². The standard InChI is InChI=1S/2CH3O.3ClH.W/c2*1-2;;;;/h2*1H3;3*1H;/q2*-1;;;;/p-3. The molecule has 6 heteroatoms. The van der Waals surface area contributed by atoms with Crippen LogP contribution in [-0.4, -0.2) is 14.2 Å². The number of hydrogen-bond acceptors (Lipinski definition) is 2. The fraction of sp³-hybridized carbons (Fsp3) is 1.00. The van der Waals surface area contributed by atoms with Gasteiger partial charge in [-0.1, -0.05) is 0 Å². The third-order valence-corrected chi connectivity index (χ3v) is 0. The van der Waals surface area contributed by atoms with Crippen molar-refractivity contribution < 1.29 is 68.5 Å². The Bertz CT molecular complexity index is 15.2. The van der Waals surface area contributed by atoms with Gasteiger partial charge >= 0.3 is 0 Å². The Morgan fingerprint density at radius 3 is 0.625 bits per heavy atom. The molecule has 0 aliphatic rings. The van der Waals surface area contributed by atoms with E-state index in [4.69, 9.17) is 10.2 Å². The molecule has 0 atom stereocenters. The van der Waals surface area contributed by atoms with Crippen LogP contribution in [0.5, 0.6) is 0 Å². The molecule has 0 unspecified atom stereocenters. The Morgan fingerprint density at radius 1 is 0.625 bits per heavy atom. The predicted molar refractivity (Wildman–Crippen MR) is 11.8 cm³/mol. The van der Waals surface area contributed by atoms with Gasteiger partial charge in [0.1, 0.15) is 0 Å². The summed E-state index contributed by atoms with van der Waals surface area (Å²) in [5, 5.41) is 16.5. The molecule has 0 aromatic carbocycles. The van der Waals surface area contributed by atoms with Crippen LogP contribution in [0.2, 0.25) is 0 Å². The smallest absolute Gasteiger partial charge is 0 e. The molecule has 2 nitrogen and oxygen atoms in total. The van der Waals surface area contributed by atoms with Crippen LogP contribution < -0.4 is 47.4 Å². The van der Waals surface area contributed by atoms with E-state index in [2.05, 4.69) is 0 Å². The Hall–Kier alpha value is 1.48. The summed E-state index contributed by atoms with van der Waals surface area (Å²) >= 11 is 0. The zero-order valence-corrected chi connectivity index (χ0v) is 9.56. The summed E-state index contributed by atoms with van der Waals surface area (Å²) in [5.41, 5.74) is 0. The Balaban J connectivity index is -0.00000000167. The molecule has 0 aliphatic heterocycles. The van der Waals surface area contributed by atoms with Gasteiger partial charge in [-0.2, -0.15) is 14.2 Å². The average Bonchev–Trinajstić information content (AvgIpc) is 1.50. The summed E-state index contributed by atoms with van der Waals surface area (Å²) in [6.07, 6.45) is 0.